The van der Waals surface area contributed by atoms with Gasteiger partial charge in [0, 0.05) is 5.56 Å². The summed E-state index contributed by atoms with van der Waals surface area (Å²) in [6.45, 7) is 3.49. The number of ether oxygens (including phenoxy) is 3. The lowest BCUT2D eigenvalue weighted by molar-refractivity contribution is -0.172. The molecule has 0 saturated carbocycles. The molecule has 0 aromatic heterocycles. The van der Waals surface area contributed by atoms with Gasteiger partial charge in [0.05, 0.1) is 6.61 Å². The van der Waals surface area contributed by atoms with E-state index in [1.165, 1.54) is 0 Å². The van der Waals surface area contributed by atoms with Gasteiger partial charge in [0.25, 0.3) is 0 Å². The monoisotopic (exact) mass is 428 g/mol. The zero-order chi connectivity index (χ0) is 22.5. The first kappa shape index (κ1) is 21.4. The molecule has 32 heavy (non-hydrogen) atoms. The maximum absolute atomic E-state index is 13.0. The summed E-state index contributed by atoms with van der Waals surface area (Å²) < 4.78 is 16.8. The molecule has 162 valence electrons. The van der Waals surface area contributed by atoms with Crippen LogP contribution in [0, 0.1) is 0 Å². The van der Waals surface area contributed by atoms with Gasteiger partial charge >= 0.3 is 11.9 Å². The van der Waals surface area contributed by atoms with Crippen molar-refractivity contribution in [2.75, 3.05) is 6.61 Å². The van der Waals surface area contributed by atoms with Gasteiger partial charge in [-0.3, -0.25) is 0 Å². The fraction of sp³-hybridized carbons (Fsp3) is 0.185. The molecule has 4 aromatic carbocycles. The van der Waals surface area contributed by atoms with Crippen molar-refractivity contribution < 1.29 is 23.8 Å². The van der Waals surface area contributed by atoms with Crippen molar-refractivity contribution in [3.8, 4) is 5.75 Å². The summed E-state index contributed by atoms with van der Waals surface area (Å²) >= 11 is 0. The van der Waals surface area contributed by atoms with Crippen LogP contribution in [0.4, 0.5) is 0 Å². The van der Waals surface area contributed by atoms with Gasteiger partial charge in [-0.1, -0.05) is 66.7 Å². The Morgan fingerprint density at radius 1 is 0.781 bits per heavy atom. The molecule has 0 N–H and O–H groups in total. The van der Waals surface area contributed by atoms with Crippen LogP contribution in [0.2, 0.25) is 0 Å². The molecule has 0 fully saturated rings. The van der Waals surface area contributed by atoms with Gasteiger partial charge in [-0.2, -0.15) is 0 Å². The molecule has 0 heterocycles. The van der Waals surface area contributed by atoms with Crippen molar-refractivity contribution in [1.82, 2.24) is 0 Å². The zero-order valence-electron chi connectivity index (χ0n) is 18.0. The largest absolute Gasteiger partial charge is 0.479 e. The lowest BCUT2D eigenvalue weighted by Gasteiger charge is -2.22. The number of hydrogen-bond donors (Lipinski definition) is 0. The molecule has 4 aromatic rings. The number of hydrogen-bond acceptors (Lipinski definition) is 5. The van der Waals surface area contributed by atoms with E-state index in [-0.39, 0.29) is 6.61 Å². The van der Waals surface area contributed by atoms with Crippen molar-refractivity contribution in [1.29, 1.82) is 0 Å². The van der Waals surface area contributed by atoms with Crippen molar-refractivity contribution in [3.63, 3.8) is 0 Å². The van der Waals surface area contributed by atoms with E-state index in [1.54, 1.807) is 26.0 Å². The van der Waals surface area contributed by atoms with Gasteiger partial charge in [0.2, 0.25) is 6.10 Å². The third-order valence-corrected chi connectivity index (χ3v) is 5.20. The molecule has 5 nitrogen and oxygen atoms in total. The van der Waals surface area contributed by atoms with Crippen LogP contribution in [-0.4, -0.2) is 24.6 Å². The Bertz CT molecular complexity index is 1190. The highest BCUT2D eigenvalue weighted by atomic mass is 16.6. The Labute approximate surface area is 186 Å². The van der Waals surface area contributed by atoms with Crippen LogP contribution in [0.5, 0.6) is 5.75 Å². The highest BCUT2D eigenvalue weighted by molar-refractivity contribution is 6.05. The maximum Gasteiger partial charge on any atom is 0.352 e. The molecule has 0 amide bonds. The van der Waals surface area contributed by atoms with Gasteiger partial charge in [-0.05, 0) is 53.6 Å². The topological polar surface area (TPSA) is 61.8 Å². The first-order valence-electron chi connectivity index (χ1n) is 10.6. The number of benzene rings is 4. The summed E-state index contributed by atoms with van der Waals surface area (Å²) in [5, 5.41) is 3.54. The highest BCUT2D eigenvalue weighted by Crippen LogP contribution is 2.35. The second-order valence-electron chi connectivity index (χ2n) is 7.37. The average molecular weight is 428 g/mol. The minimum absolute atomic E-state index is 0.172. The summed E-state index contributed by atoms with van der Waals surface area (Å²) in [5.41, 5.74) is 0.609. The molecule has 4 rings (SSSR count). The standard InChI is InChI=1S/C27H24O5/c1-3-30-27(29)25(32-26(28)18(2)31-21-13-5-4-6-14-21)24-22-15-9-7-11-19(22)17-20-12-8-10-16-23(20)24/h4-18,25H,3H2,1-2H3/t18-,25-/m1/s1. The normalized spacial score (nSPS) is 12.8. The number of para-hydroxylation sites is 1. The number of carbonyl (C=O) groups excluding carboxylic acids is 2. The lowest BCUT2D eigenvalue weighted by Crippen LogP contribution is -2.31. The van der Waals surface area contributed by atoms with Gasteiger partial charge in [-0.15, -0.1) is 0 Å². The summed E-state index contributed by atoms with van der Waals surface area (Å²) in [7, 11) is 0. The molecule has 0 bridgehead atoms. The molecular formula is C27H24O5. The predicted octanol–water partition coefficient (Wildman–Crippen LogP) is 5.61. The van der Waals surface area contributed by atoms with Crippen molar-refractivity contribution >= 4 is 33.5 Å². The molecule has 0 aliphatic rings. The van der Waals surface area contributed by atoms with Crippen LogP contribution in [-0.2, 0) is 19.1 Å². The smallest absolute Gasteiger partial charge is 0.352 e. The predicted molar refractivity (Wildman–Crippen MR) is 123 cm³/mol. The van der Waals surface area contributed by atoms with Crippen LogP contribution >= 0.6 is 0 Å². The molecule has 2 atom stereocenters. The van der Waals surface area contributed by atoms with E-state index < -0.39 is 24.1 Å². The minimum Gasteiger partial charge on any atom is -0.479 e. The Hall–Kier alpha value is -3.86. The molecule has 0 spiro atoms. The van der Waals surface area contributed by atoms with E-state index in [9.17, 15) is 9.59 Å². The van der Waals surface area contributed by atoms with E-state index >= 15 is 0 Å². The van der Waals surface area contributed by atoms with Crippen LogP contribution < -0.4 is 4.74 Å². The molecule has 0 aliphatic heterocycles. The molecule has 0 saturated heterocycles. The Kier molecular flexibility index (Phi) is 6.36. The SMILES string of the molecule is CCOC(=O)[C@H](OC(=O)[C@@H](C)Oc1ccccc1)c1c2ccccc2cc2ccccc12. The maximum atomic E-state index is 13.0. The summed E-state index contributed by atoms with van der Waals surface area (Å²) in [4.78, 5) is 26.0. The second-order valence-corrected chi connectivity index (χ2v) is 7.37. The van der Waals surface area contributed by atoms with E-state index in [1.807, 2.05) is 66.7 Å². The fourth-order valence-electron chi connectivity index (χ4n) is 3.74. The van der Waals surface area contributed by atoms with Gasteiger partial charge in [0.15, 0.2) is 6.10 Å². The molecule has 0 aliphatic carbocycles. The third-order valence-electron chi connectivity index (χ3n) is 5.20. The average Bonchev–Trinajstić information content (AvgIpc) is 2.82. The lowest BCUT2D eigenvalue weighted by atomic mass is 9.93. The fourth-order valence-corrected chi connectivity index (χ4v) is 3.74. The van der Waals surface area contributed by atoms with Crippen LogP contribution in [0.15, 0.2) is 84.9 Å². The van der Waals surface area contributed by atoms with Crippen LogP contribution in [0.3, 0.4) is 0 Å². The van der Waals surface area contributed by atoms with Gasteiger partial charge < -0.3 is 14.2 Å². The summed E-state index contributed by atoms with van der Waals surface area (Å²) in [5.74, 6) is -0.724. The number of fused-ring (bicyclic) bond motifs is 2. The number of carbonyl (C=O) groups is 2. The number of esters is 2. The molecule has 0 radical (unpaired) electrons. The number of rotatable bonds is 7. The zero-order valence-corrected chi connectivity index (χ0v) is 18.0. The van der Waals surface area contributed by atoms with Crippen molar-refractivity contribution in [3.05, 3.63) is 90.5 Å². The highest BCUT2D eigenvalue weighted by Gasteiger charge is 2.32. The molecular weight excluding hydrogens is 404 g/mol. The quantitative estimate of drug-likeness (QED) is 0.283. The van der Waals surface area contributed by atoms with E-state index in [0.29, 0.717) is 11.3 Å². The second kappa shape index (κ2) is 9.52. The van der Waals surface area contributed by atoms with E-state index in [2.05, 4.69) is 6.07 Å². The van der Waals surface area contributed by atoms with Gasteiger partial charge in [0.1, 0.15) is 5.75 Å². The van der Waals surface area contributed by atoms with E-state index in [0.717, 1.165) is 21.5 Å². The Morgan fingerprint density at radius 3 is 1.94 bits per heavy atom. The first-order chi connectivity index (χ1) is 15.6. The Morgan fingerprint density at radius 2 is 1.34 bits per heavy atom. The van der Waals surface area contributed by atoms with Crippen molar-refractivity contribution in [2.45, 2.75) is 26.1 Å². The summed E-state index contributed by atoms with van der Waals surface area (Å²) in [6, 6.07) is 26.5. The molecule has 5 heteroatoms. The first-order valence-corrected chi connectivity index (χ1v) is 10.6. The van der Waals surface area contributed by atoms with E-state index in [4.69, 9.17) is 14.2 Å². The Balaban J connectivity index is 1.76. The van der Waals surface area contributed by atoms with Crippen LogP contribution in [0.1, 0.15) is 25.5 Å². The van der Waals surface area contributed by atoms with Gasteiger partial charge in [-0.25, -0.2) is 9.59 Å². The molecule has 0 unspecified atom stereocenters. The van der Waals surface area contributed by atoms with Crippen molar-refractivity contribution in [2.24, 2.45) is 0 Å². The summed E-state index contributed by atoms with van der Waals surface area (Å²) in [6.07, 6.45) is -2.13. The third kappa shape index (κ3) is 4.42. The van der Waals surface area contributed by atoms with Crippen LogP contribution in [0.25, 0.3) is 21.5 Å². The minimum atomic E-state index is -1.22.